The zero-order valence-corrected chi connectivity index (χ0v) is 25.2. The second-order valence-electron chi connectivity index (χ2n) is 12.1. The van der Waals surface area contributed by atoms with Crippen LogP contribution in [0.5, 0.6) is 0 Å². The van der Waals surface area contributed by atoms with Crippen molar-refractivity contribution in [2.75, 3.05) is 20.8 Å². The van der Waals surface area contributed by atoms with Crippen molar-refractivity contribution in [1.29, 1.82) is 0 Å². The van der Waals surface area contributed by atoms with Crippen molar-refractivity contribution in [3.8, 4) is 0 Å². The fraction of sp³-hybridized carbons (Fsp3) is 0.769. The molecule has 10 nitrogen and oxygen atoms in total. The van der Waals surface area contributed by atoms with Gasteiger partial charge in [-0.25, -0.2) is 9.59 Å². The Hall–Kier alpha value is -2.40. The molecule has 0 unspecified atom stereocenters. The first kappa shape index (κ1) is 32.6. The lowest BCUT2D eigenvalue weighted by atomic mass is 9.68. The summed E-state index contributed by atoms with van der Waals surface area (Å²) in [5, 5.41) is 4.07. The number of methoxy groups -OCH3 is 2. The summed E-state index contributed by atoms with van der Waals surface area (Å²) in [5.74, 6) is -2.27. The maximum absolute atomic E-state index is 12.8. The summed E-state index contributed by atoms with van der Waals surface area (Å²) in [7, 11) is 0.415. The van der Waals surface area contributed by atoms with Gasteiger partial charge in [-0.2, -0.15) is 0 Å². The molecule has 1 aliphatic rings. The zero-order valence-electron chi connectivity index (χ0n) is 24.2. The molecular weight excluding hydrogens is 496 g/mol. The fourth-order valence-electron chi connectivity index (χ4n) is 3.70. The highest BCUT2D eigenvalue weighted by Gasteiger charge is 2.44. The summed E-state index contributed by atoms with van der Waals surface area (Å²) in [6, 6.07) is 0. The predicted molar refractivity (Wildman–Crippen MR) is 143 cm³/mol. The molecule has 1 rings (SSSR count). The average molecular weight is 543 g/mol. The van der Waals surface area contributed by atoms with Crippen LogP contribution in [0.2, 0.25) is 18.1 Å². The summed E-state index contributed by atoms with van der Waals surface area (Å²) in [5.41, 5.74) is 4.90. The van der Waals surface area contributed by atoms with Crippen molar-refractivity contribution >= 4 is 32.1 Å². The van der Waals surface area contributed by atoms with Gasteiger partial charge < -0.3 is 29.2 Å². The fourth-order valence-corrected chi connectivity index (χ4v) is 4.79. The Balaban J connectivity index is 3.13. The maximum Gasteiger partial charge on any atom is 0.377 e. The van der Waals surface area contributed by atoms with Crippen LogP contribution in [0.4, 0.5) is 0 Å². The summed E-state index contributed by atoms with van der Waals surface area (Å²) >= 11 is 0. The van der Waals surface area contributed by atoms with E-state index in [-0.39, 0.29) is 17.3 Å². The van der Waals surface area contributed by atoms with Crippen molar-refractivity contribution in [3.05, 3.63) is 11.8 Å². The van der Waals surface area contributed by atoms with E-state index in [2.05, 4.69) is 48.5 Å². The highest BCUT2D eigenvalue weighted by atomic mass is 28.4. The van der Waals surface area contributed by atoms with Gasteiger partial charge in [0.2, 0.25) is 5.76 Å². The first-order valence-electron chi connectivity index (χ1n) is 12.6. The van der Waals surface area contributed by atoms with Gasteiger partial charge in [-0.3, -0.25) is 4.79 Å². The van der Waals surface area contributed by atoms with Crippen molar-refractivity contribution in [1.82, 2.24) is 0 Å². The standard InChI is InChI=1S/C26H46N2O8Si/c1-24(2,3)35-21(30)16-26(23(27)28-36-19(22(31)33-8)15-20(29)32-7)13-11-18(12-14-26)17-34-37(9,10)25(4,5)6/h15,18H,11-14,16-17H2,1-10H3,(H2,27,28). The number of rotatable bonds is 10. The second-order valence-corrected chi connectivity index (χ2v) is 17.0. The molecule has 1 saturated carbocycles. The van der Waals surface area contributed by atoms with Gasteiger partial charge in [0, 0.05) is 12.0 Å². The number of hydrogen-bond acceptors (Lipinski definition) is 9. The molecule has 1 fully saturated rings. The Labute approximate surface area is 222 Å². The largest absolute Gasteiger partial charge is 0.466 e. The second kappa shape index (κ2) is 12.9. The molecule has 0 spiro atoms. The lowest BCUT2D eigenvalue weighted by Crippen LogP contribution is -2.45. The van der Waals surface area contributed by atoms with Gasteiger partial charge in [-0.05, 0) is 70.5 Å². The molecule has 0 saturated heterocycles. The number of hydrogen-bond donors (Lipinski definition) is 1. The molecule has 0 atom stereocenters. The molecule has 0 aromatic heterocycles. The van der Waals surface area contributed by atoms with Crippen LogP contribution in [0.25, 0.3) is 0 Å². The Morgan fingerprint density at radius 2 is 1.59 bits per heavy atom. The zero-order chi connectivity index (χ0) is 28.7. The van der Waals surface area contributed by atoms with E-state index in [0.717, 1.165) is 33.1 Å². The summed E-state index contributed by atoms with van der Waals surface area (Å²) in [6.07, 6.45) is 3.49. The predicted octanol–water partition coefficient (Wildman–Crippen LogP) is 4.44. The van der Waals surface area contributed by atoms with Gasteiger partial charge in [-0.1, -0.05) is 25.9 Å². The number of nitrogens with zero attached hydrogens (tertiary/aromatic N) is 1. The molecule has 1 aliphatic carbocycles. The van der Waals surface area contributed by atoms with Crippen LogP contribution in [-0.2, 0) is 37.9 Å². The normalized spacial score (nSPS) is 21.7. The molecular formula is C26H46N2O8Si. The number of carbonyl (C=O) groups excluding carboxylic acids is 3. The smallest absolute Gasteiger partial charge is 0.377 e. The van der Waals surface area contributed by atoms with Gasteiger partial charge in [0.05, 0.1) is 26.7 Å². The third-order valence-corrected chi connectivity index (χ3v) is 11.6. The Morgan fingerprint density at radius 1 is 1.03 bits per heavy atom. The topological polar surface area (TPSA) is 136 Å². The van der Waals surface area contributed by atoms with Gasteiger partial charge in [-0.15, -0.1) is 0 Å². The Kier molecular flexibility index (Phi) is 11.4. The van der Waals surface area contributed by atoms with Crippen molar-refractivity contribution in [2.45, 2.75) is 97.4 Å². The highest BCUT2D eigenvalue weighted by Crippen LogP contribution is 2.44. The van der Waals surface area contributed by atoms with E-state index in [9.17, 15) is 14.4 Å². The first-order valence-corrected chi connectivity index (χ1v) is 15.5. The minimum Gasteiger partial charge on any atom is -0.466 e. The van der Waals surface area contributed by atoms with Crippen LogP contribution in [0.3, 0.4) is 0 Å². The third kappa shape index (κ3) is 10.1. The summed E-state index contributed by atoms with van der Waals surface area (Å²) in [4.78, 5) is 41.7. The number of esters is 3. The highest BCUT2D eigenvalue weighted by molar-refractivity contribution is 6.74. The molecule has 0 heterocycles. The molecule has 2 N–H and O–H groups in total. The van der Waals surface area contributed by atoms with Crippen LogP contribution in [0.1, 0.15) is 73.6 Å². The van der Waals surface area contributed by atoms with E-state index in [1.165, 1.54) is 0 Å². The van der Waals surface area contributed by atoms with Crippen LogP contribution in [0, 0.1) is 11.3 Å². The quantitative estimate of drug-likeness (QED) is 0.0621. The van der Waals surface area contributed by atoms with Gasteiger partial charge in [0.15, 0.2) is 8.32 Å². The molecule has 0 amide bonds. The lowest BCUT2D eigenvalue weighted by molar-refractivity contribution is -0.157. The number of oxime groups is 1. The molecule has 212 valence electrons. The minimum atomic E-state index is -1.89. The summed E-state index contributed by atoms with van der Waals surface area (Å²) < 4.78 is 21.2. The number of amidine groups is 1. The number of ether oxygens (including phenoxy) is 3. The Bertz CT molecular complexity index is 876. The summed E-state index contributed by atoms with van der Waals surface area (Å²) in [6.45, 7) is 17.1. The first-order chi connectivity index (χ1) is 16.9. The van der Waals surface area contributed by atoms with E-state index in [0.29, 0.717) is 25.4 Å². The molecule has 37 heavy (non-hydrogen) atoms. The van der Waals surface area contributed by atoms with Crippen molar-refractivity contribution in [2.24, 2.45) is 22.2 Å². The van der Waals surface area contributed by atoms with E-state index in [4.69, 9.17) is 19.7 Å². The van der Waals surface area contributed by atoms with Crippen molar-refractivity contribution < 1.29 is 37.9 Å². The van der Waals surface area contributed by atoms with Crippen LogP contribution in [-0.4, -0.2) is 58.5 Å². The maximum atomic E-state index is 12.8. The Morgan fingerprint density at radius 3 is 2.05 bits per heavy atom. The molecule has 0 aliphatic heterocycles. The molecule has 0 radical (unpaired) electrons. The van der Waals surface area contributed by atoms with Gasteiger partial charge in [0.1, 0.15) is 11.4 Å². The van der Waals surface area contributed by atoms with Crippen LogP contribution < -0.4 is 5.73 Å². The number of carbonyl (C=O) groups is 3. The minimum absolute atomic E-state index is 0.00699. The van der Waals surface area contributed by atoms with Crippen molar-refractivity contribution in [3.63, 3.8) is 0 Å². The van der Waals surface area contributed by atoms with Crippen LogP contribution >= 0.6 is 0 Å². The third-order valence-electron chi connectivity index (χ3n) is 7.07. The van der Waals surface area contributed by atoms with E-state index in [1.54, 1.807) is 20.8 Å². The molecule has 0 bridgehead atoms. The van der Waals surface area contributed by atoms with E-state index >= 15 is 0 Å². The van der Waals surface area contributed by atoms with Crippen LogP contribution in [0.15, 0.2) is 17.0 Å². The van der Waals surface area contributed by atoms with Gasteiger partial charge in [0.25, 0.3) is 0 Å². The van der Waals surface area contributed by atoms with Gasteiger partial charge >= 0.3 is 17.9 Å². The average Bonchev–Trinajstić information content (AvgIpc) is 2.78. The SMILES string of the molecule is COC(=O)C=C(O/N=C(\N)C1(CC(=O)OC(C)(C)C)CCC(CO[Si](C)(C)C(C)(C)C)CC1)C(=O)OC. The van der Waals surface area contributed by atoms with E-state index in [1.807, 2.05) is 0 Å². The van der Waals surface area contributed by atoms with E-state index < -0.39 is 43.0 Å². The molecule has 0 aromatic carbocycles. The molecule has 11 heteroatoms. The number of nitrogens with two attached hydrogens (primary N) is 1. The lowest BCUT2D eigenvalue weighted by Gasteiger charge is -2.41. The monoisotopic (exact) mass is 542 g/mol. The molecule has 0 aromatic rings.